The molecule has 142 valence electrons. The normalized spacial score (nSPS) is 22.3. The number of carbonyl (C=O) groups is 1. The maximum atomic E-state index is 13.2. The number of carbonyl (C=O) groups excluding carboxylic acids is 1. The van der Waals surface area contributed by atoms with E-state index in [0.717, 1.165) is 55.0 Å². The number of amides is 1. The van der Waals surface area contributed by atoms with Gasteiger partial charge >= 0.3 is 0 Å². The maximum absolute atomic E-state index is 13.2. The van der Waals surface area contributed by atoms with Gasteiger partial charge in [0.25, 0.3) is 0 Å². The van der Waals surface area contributed by atoms with Gasteiger partial charge in [0.2, 0.25) is 5.91 Å². The molecular formula is C22H26N2O3. The Morgan fingerprint density at radius 1 is 1.15 bits per heavy atom. The zero-order chi connectivity index (χ0) is 18.9. The van der Waals surface area contributed by atoms with Gasteiger partial charge in [0.1, 0.15) is 12.4 Å². The minimum atomic E-state index is -0.440. The van der Waals surface area contributed by atoms with Crippen molar-refractivity contribution in [3.63, 3.8) is 0 Å². The number of aliphatic hydroxyl groups excluding tert-OH is 1. The molecule has 1 saturated heterocycles. The number of piperidine rings is 1. The Labute approximate surface area is 160 Å². The number of para-hydroxylation sites is 2. The highest BCUT2D eigenvalue weighted by molar-refractivity contribution is 6.08. The SMILES string of the molecule is CN1C(=O)C2(CCCN(Cc3ccccc3OCCO)C2)c2ccccc21. The Bertz CT molecular complexity index is 838. The van der Waals surface area contributed by atoms with Gasteiger partial charge in [-0.2, -0.15) is 0 Å². The lowest BCUT2D eigenvalue weighted by Gasteiger charge is -2.39. The summed E-state index contributed by atoms with van der Waals surface area (Å²) in [4.78, 5) is 17.4. The zero-order valence-electron chi connectivity index (χ0n) is 15.7. The van der Waals surface area contributed by atoms with Crippen molar-refractivity contribution < 1.29 is 14.6 Å². The van der Waals surface area contributed by atoms with Crippen LogP contribution >= 0.6 is 0 Å². The summed E-state index contributed by atoms with van der Waals surface area (Å²) in [5, 5.41) is 9.05. The number of anilines is 1. The monoisotopic (exact) mass is 366 g/mol. The molecule has 2 aliphatic rings. The molecule has 1 atom stereocenters. The van der Waals surface area contributed by atoms with Crippen LogP contribution < -0.4 is 9.64 Å². The van der Waals surface area contributed by atoms with Crippen molar-refractivity contribution in [2.75, 3.05) is 38.3 Å². The molecule has 0 aliphatic carbocycles. The van der Waals surface area contributed by atoms with Crippen LogP contribution in [0.3, 0.4) is 0 Å². The minimum absolute atomic E-state index is 0.00121. The second-order valence-electron chi connectivity index (χ2n) is 7.46. The number of hydrogen-bond acceptors (Lipinski definition) is 4. The van der Waals surface area contributed by atoms with Crippen LogP contribution in [0.2, 0.25) is 0 Å². The Morgan fingerprint density at radius 3 is 2.78 bits per heavy atom. The Kier molecular flexibility index (Phi) is 4.89. The lowest BCUT2D eigenvalue weighted by molar-refractivity contribution is -0.125. The van der Waals surface area contributed by atoms with Crippen LogP contribution in [0, 0.1) is 0 Å². The van der Waals surface area contributed by atoms with Crippen molar-refractivity contribution in [2.45, 2.75) is 24.8 Å². The Hall–Kier alpha value is -2.37. The molecule has 0 saturated carbocycles. The van der Waals surface area contributed by atoms with Crippen molar-refractivity contribution in [1.82, 2.24) is 4.90 Å². The fourth-order valence-electron chi connectivity index (χ4n) is 4.56. The highest BCUT2D eigenvalue weighted by Gasteiger charge is 2.51. The third kappa shape index (κ3) is 3.11. The molecule has 5 heteroatoms. The van der Waals surface area contributed by atoms with Crippen LogP contribution in [0.25, 0.3) is 0 Å². The predicted molar refractivity (Wildman–Crippen MR) is 105 cm³/mol. The van der Waals surface area contributed by atoms with E-state index in [4.69, 9.17) is 9.84 Å². The topological polar surface area (TPSA) is 53.0 Å². The molecule has 2 heterocycles. The largest absolute Gasteiger partial charge is 0.491 e. The van der Waals surface area contributed by atoms with Gasteiger partial charge in [-0.1, -0.05) is 36.4 Å². The molecule has 4 rings (SSSR count). The van der Waals surface area contributed by atoms with E-state index in [2.05, 4.69) is 17.0 Å². The average molecular weight is 366 g/mol. The summed E-state index contributed by atoms with van der Waals surface area (Å²) in [5.74, 6) is 1.01. The molecule has 0 bridgehead atoms. The number of nitrogens with zero attached hydrogens (tertiary/aromatic N) is 2. The molecule has 1 unspecified atom stereocenters. The van der Waals surface area contributed by atoms with Crippen LogP contribution in [0.1, 0.15) is 24.0 Å². The molecule has 27 heavy (non-hydrogen) atoms. The molecule has 1 amide bonds. The Balaban J connectivity index is 1.59. The van der Waals surface area contributed by atoms with Gasteiger partial charge in [-0.25, -0.2) is 0 Å². The van der Waals surface area contributed by atoms with Gasteiger partial charge < -0.3 is 14.7 Å². The summed E-state index contributed by atoms with van der Waals surface area (Å²) in [6.45, 7) is 2.72. The van der Waals surface area contributed by atoms with Crippen molar-refractivity contribution in [3.8, 4) is 5.75 Å². The standard InChI is InChI=1S/C22H26N2O3/c1-23-19-9-4-3-8-18(19)22(21(23)26)11-6-12-24(16-22)15-17-7-2-5-10-20(17)27-14-13-25/h2-5,7-10,25H,6,11-16H2,1H3. The second-order valence-corrected chi connectivity index (χ2v) is 7.46. The first-order valence-corrected chi connectivity index (χ1v) is 9.57. The van der Waals surface area contributed by atoms with Gasteiger partial charge in [0, 0.05) is 31.4 Å². The van der Waals surface area contributed by atoms with Gasteiger partial charge in [-0.05, 0) is 37.1 Å². The fourth-order valence-corrected chi connectivity index (χ4v) is 4.56. The van der Waals surface area contributed by atoms with Gasteiger partial charge in [0.05, 0.1) is 12.0 Å². The molecular weight excluding hydrogens is 340 g/mol. The van der Waals surface area contributed by atoms with Crippen LogP contribution in [-0.4, -0.2) is 49.3 Å². The highest BCUT2D eigenvalue weighted by atomic mass is 16.5. The third-order valence-electron chi connectivity index (χ3n) is 5.78. The number of ether oxygens (including phenoxy) is 1. The van der Waals surface area contributed by atoms with E-state index in [1.807, 2.05) is 48.3 Å². The summed E-state index contributed by atoms with van der Waals surface area (Å²) in [5.41, 5.74) is 2.85. The van der Waals surface area contributed by atoms with Crippen molar-refractivity contribution in [1.29, 1.82) is 0 Å². The quantitative estimate of drug-likeness (QED) is 0.884. The second kappa shape index (κ2) is 7.33. The first-order valence-electron chi connectivity index (χ1n) is 9.57. The number of rotatable bonds is 5. The van der Waals surface area contributed by atoms with E-state index in [0.29, 0.717) is 0 Å². The first kappa shape index (κ1) is 18.0. The molecule has 0 radical (unpaired) electrons. The first-order chi connectivity index (χ1) is 13.2. The molecule has 5 nitrogen and oxygen atoms in total. The molecule has 2 aromatic rings. The molecule has 1 fully saturated rings. The summed E-state index contributed by atoms with van der Waals surface area (Å²) >= 11 is 0. The number of likely N-dealkylation sites (N-methyl/N-ethyl adjacent to an activating group) is 1. The molecule has 1 N–H and O–H groups in total. The molecule has 0 aromatic heterocycles. The molecule has 2 aliphatic heterocycles. The van der Waals surface area contributed by atoms with Crippen LogP contribution in [0.15, 0.2) is 48.5 Å². The summed E-state index contributed by atoms with van der Waals surface area (Å²) < 4.78 is 5.69. The van der Waals surface area contributed by atoms with Crippen LogP contribution in [0.4, 0.5) is 5.69 Å². The number of hydrogen-bond donors (Lipinski definition) is 1. The molecule has 1 spiro atoms. The number of fused-ring (bicyclic) bond motifs is 2. The maximum Gasteiger partial charge on any atom is 0.238 e. The number of aliphatic hydroxyl groups is 1. The fraction of sp³-hybridized carbons (Fsp3) is 0.409. The van der Waals surface area contributed by atoms with Crippen LogP contribution in [-0.2, 0) is 16.8 Å². The van der Waals surface area contributed by atoms with Crippen molar-refractivity contribution in [3.05, 3.63) is 59.7 Å². The predicted octanol–water partition coefficient (Wildman–Crippen LogP) is 2.57. The summed E-state index contributed by atoms with van der Waals surface area (Å²) in [7, 11) is 1.88. The minimum Gasteiger partial charge on any atom is -0.491 e. The van der Waals surface area contributed by atoms with E-state index in [-0.39, 0.29) is 19.1 Å². The Morgan fingerprint density at radius 2 is 1.93 bits per heavy atom. The molecule has 2 aromatic carbocycles. The van der Waals surface area contributed by atoms with Gasteiger partial charge in [-0.15, -0.1) is 0 Å². The van der Waals surface area contributed by atoms with Crippen LogP contribution in [0.5, 0.6) is 5.75 Å². The summed E-state index contributed by atoms with van der Waals surface area (Å²) in [6.07, 6.45) is 1.89. The number of likely N-dealkylation sites (tertiary alicyclic amines) is 1. The lowest BCUT2D eigenvalue weighted by atomic mass is 9.75. The third-order valence-corrected chi connectivity index (χ3v) is 5.78. The van der Waals surface area contributed by atoms with E-state index >= 15 is 0 Å². The van der Waals surface area contributed by atoms with E-state index in [1.165, 1.54) is 0 Å². The number of benzene rings is 2. The smallest absolute Gasteiger partial charge is 0.238 e. The van der Waals surface area contributed by atoms with Gasteiger partial charge in [-0.3, -0.25) is 9.69 Å². The van der Waals surface area contributed by atoms with Crippen molar-refractivity contribution in [2.24, 2.45) is 0 Å². The average Bonchev–Trinajstić information content (AvgIpc) is 2.90. The van der Waals surface area contributed by atoms with Gasteiger partial charge in [0.15, 0.2) is 0 Å². The van der Waals surface area contributed by atoms with Crippen molar-refractivity contribution >= 4 is 11.6 Å². The zero-order valence-corrected chi connectivity index (χ0v) is 15.7. The lowest BCUT2D eigenvalue weighted by Crippen LogP contribution is -2.51. The summed E-state index contributed by atoms with van der Waals surface area (Å²) in [6, 6.07) is 16.1. The van der Waals surface area contributed by atoms with E-state index < -0.39 is 5.41 Å². The van der Waals surface area contributed by atoms with E-state index in [1.54, 1.807) is 0 Å². The highest BCUT2D eigenvalue weighted by Crippen LogP contribution is 2.46. The van der Waals surface area contributed by atoms with E-state index in [9.17, 15) is 4.79 Å².